The van der Waals surface area contributed by atoms with Crippen LogP contribution in [-0.4, -0.2) is 19.7 Å². The number of hydrogen-bond donors (Lipinski definition) is 0. The molecule has 2 rings (SSSR count). The highest BCUT2D eigenvalue weighted by atomic mass is 79.9. The van der Waals surface area contributed by atoms with Crippen LogP contribution >= 0.6 is 15.9 Å². The largest absolute Gasteiger partial charge is 0.281 e. The lowest BCUT2D eigenvalue weighted by atomic mass is 10.1. The Morgan fingerprint density at radius 3 is 2.59 bits per heavy atom. The summed E-state index contributed by atoms with van der Waals surface area (Å²) in [6, 6.07) is 0. The second-order valence-corrected chi connectivity index (χ2v) is 4.32. The van der Waals surface area contributed by atoms with Crippen molar-refractivity contribution in [2.45, 2.75) is 13.3 Å². The lowest BCUT2D eigenvalue weighted by Gasteiger charge is -2.06. The molecule has 0 fully saturated rings. The summed E-state index contributed by atoms with van der Waals surface area (Å²) in [6.07, 6.45) is 0.231. The SMILES string of the molecule is Cc1nn(C)cc1-c1ncnc(C(F)F)c1Br. The third-order valence-electron chi connectivity index (χ3n) is 2.29. The molecule has 0 unspecified atom stereocenters. The van der Waals surface area contributed by atoms with Crippen LogP contribution in [0.15, 0.2) is 17.0 Å². The molecule has 0 radical (unpaired) electrons. The topological polar surface area (TPSA) is 43.6 Å². The van der Waals surface area contributed by atoms with E-state index in [0.29, 0.717) is 11.3 Å². The van der Waals surface area contributed by atoms with Crippen LogP contribution in [0.4, 0.5) is 8.78 Å². The quantitative estimate of drug-likeness (QED) is 0.857. The standard InChI is InChI=1S/C10H9BrF2N4/c1-5-6(3-17(2)16-5)8-7(11)9(10(12)13)15-4-14-8/h3-4,10H,1-2H3. The van der Waals surface area contributed by atoms with E-state index in [1.165, 1.54) is 0 Å². The average molecular weight is 303 g/mol. The van der Waals surface area contributed by atoms with Crippen molar-refractivity contribution < 1.29 is 8.78 Å². The zero-order chi connectivity index (χ0) is 12.6. The van der Waals surface area contributed by atoms with E-state index in [2.05, 4.69) is 31.0 Å². The van der Waals surface area contributed by atoms with Gasteiger partial charge in [0.15, 0.2) is 0 Å². The van der Waals surface area contributed by atoms with Gasteiger partial charge in [-0.15, -0.1) is 0 Å². The maximum atomic E-state index is 12.7. The molecule has 17 heavy (non-hydrogen) atoms. The first-order valence-corrected chi connectivity index (χ1v) is 5.59. The number of nitrogens with zero attached hydrogens (tertiary/aromatic N) is 4. The van der Waals surface area contributed by atoms with Gasteiger partial charge in [0.2, 0.25) is 0 Å². The molecule has 2 aromatic rings. The molecular weight excluding hydrogens is 294 g/mol. The van der Waals surface area contributed by atoms with Gasteiger partial charge < -0.3 is 0 Å². The van der Waals surface area contributed by atoms with E-state index >= 15 is 0 Å². The molecule has 0 spiro atoms. The van der Waals surface area contributed by atoms with Gasteiger partial charge in [-0.3, -0.25) is 4.68 Å². The summed E-state index contributed by atoms with van der Waals surface area (Å²) < 4.78 is 27.2. The summed E-state index contributed by atoms with van der Waals surface area (Å²) in [4.78, 5) is 7.59. The zero-order valence-electron chi connectivity index (χ0n) is 9.15. The Balaban J connectivity index is 2.60. The van der Waals surface area contributed by atoms with E-state index in [-0.39, 0.29) is 10.2 Å². The van der Waals surface area contributed by atoms with Crippen LogP contribution in [0.3, 0.4) is 0 Å². The van der Waals surface area contributed by atoms with E-state index in [4.69, 9.17) is 0 Å². The molecule has 0 aliphatic rings. The maximum absolute atomic E-state index is 12.7. The predicted molar refractivity (Wildman–Crippen MR) is 61.6 cm³/mol. The Morgan fingerprint density at radius 1 is 1.35 bits per heavy atom. The van der Waals surface area contributed by atoms with Gasteiger partial charge >= 0.3 is 0 Å². The zero-order valence-corrected chi connectivity index (χ0v) is 10.7. The van der Waals surface area contributed by atoms with E-state index in [1.54, 1.807) is 24.9 Å². The van der Waals surface area contributed by atoms with Crippen molar-refractivity contribution in [3.63, 3.8) is 0 Å². The number of alkyl halides is 2. The van der Waals surface area contributed by atoms with Crippen molar-refractivity contribution in [3.05, 3.63) is 28.4 Å². The molecule has 0 N–H and O–H groups in total. The van der Waals surface area contributed by atoms with Gasteiger partial charge in [-0.05, 0) is 22.9 Å². The Morgan fingerprint density at radius 2 is 2.06 bits per heavy atom. The summed E-state index contributed by atoms with van der Waals surface area (Å²) in [5.41, 5.74) is 1.56. The normalized spacial score (nSPS) is 11.2. The average Bonchev–Trinajstić information content (AvgIpc) is 2.57. The minimum Gasteiger partial charge on any atom is -0.275 e. The van der Waals surface area contributed by atoms with Gasteiger partial charge in [0.05, 0.1) is 15.9 Å². The molecule has 0 saturated carbocycles. The molecule has 7 heteroatoms. The van der Waals surface area contributed by atoms with Crippen LogP contribution in [0, 0.1) is 6.92 Å². The summed E-state index contributed by atoms with van der Waals surface area (Å²) >= 11 is 3.12. The number of aromatic nitrogens is 4. The van der Waals surface area contributed by atoms with Crippen molar-refractivity contribution in [2.24, 2.45) is 7.05 Å². The molecule has 0 atom stereocenters. The molecule has 0 amide bonds. The van der Waals surface area contributed by atoms with Crippen LogP contribution in [0.25, 0.3) is 11.3 Å². The first kappa shape index (κ1) is 12.1. The molecule has 90 valence electrons. The van der Waals surface area contributed by atoms with Gasteiger partial charge in [0.25, 0.3) is 6.43 Å². The monoisotopic (exact) mass is 302 g/mol. The van der Waals surface area contributed by atoms with Gasteiger partial charge in [-0.25, -0.2) is 18.7 Å². The fraction of sp³-hybridized carbons (Fsp3) is 0.300. The van der Waals surface area contributed by atoms with Gasteiger partial charge in [0.1, 0.15) is 12.0 Å². The van der Waals surface area contributed by atoms with Crippen LogP contribution in [-0.2, 0) is 7.05 Å². The lowest BCUT2D eigenvalue weighted by Crippen LogP contribution is -1.97. The third-order valence-corrected chi connectivity index (χ3v) is 3.07. The Bertz CT molecular complexity index is 553. The first-order chi connectivity index (χ1) is 8.00. The number of halogens is 3. The smallest absolute Gasteiger partial charge is 0.275 e. The number of aryl methyl sites for hydroxylation is 2. The third kappa shape index (κ3) is 2.19. The molecule has 2 aromatic heterocycles. The highest BCUT2D eigenvalue weighted by Gasteiger charge is 2.19. The van der Waals surface area contributed by atoms with Crippen molar-refractivity contribution in [1.29, 1.82) is 0 Å². The van der Waals surface area contributed by atoms with Crippen molar-refractivity contribution in [2.75, 3.05) is 0 Å². The van der Waals surface area contributed by atoms with Crippen molar-refractivity contribution in [3.8, 4) is 11.3 Å². The summed E-state index contributed by atoms with van der Waals surface area (Å²) in [5.74, 6) is 0. The van der Waals surface area contributed by atoms with E-state index < -0.39 is 6.43 Å². The Kier molecular flexibility index (Phi) is 3.19. The second-order valence-electron chi connectivity index (χ2n) is 3.52. The highest BCUT2D eigenvalue weighted by Crippen LogP contribution is 2.33. The Hall–Kier alpha value is -1.37. The van der Waals surface area contributed by atoms with E-state index in [1.807, 2.05) is 0 Å². The van der Waals surface area contributed by atoms with Gasteiger partial charge in [0, 0.05) is 18.8 Å². The first-order valence-electron chi connectivity index (χ1n) is 4.80. The Labute approximate surface area is 105 Å². The summed E-state index contributed by atoms with van der Waals surface area (Å²) in [6.45, 7) is 1.80. The predicted octanol–water partition coefficient (Wildman–Crippen LogP) is 2.89. The van der Waals surface area contributed by atoms with Crippen molar-refractivity contribution in [1.82, 2.24) is 19.7 Å². The van der Waals surface area contributed by atoms with Crippen LogP contribution in [0.1, 0.15) is 17.8 Å². The van der Waals surface area contributed by atoms with Crippen LogP contribution in [0.5, 0.6) is 0 Å². The van der Waals surface area contributed by atoms with Crippen LogP contribution in [0.2, 0.25) is 0 Å². The fourth-order valence-electron chi connectivity index (χ4n) is 1.56. The van der Waals surface area contributed by atoms with Crippen molar-refractivity contribution >= 4 is 15.9 Å². The number of rotatable bonds is 2. The van der Waals surface area contributed by atoms with Gasteiger partial charge in [-0.2, -0.15) is 5.10 Å². The molecule has 0 aliphatic heterocycles. The molecule has 0 saturated heterocycles. The fourth-order valence-corrected chi connectivity index (χ4v) is 2.15. The molecule has 0 aromatic carbocycles. The number of hydrogen-bond acceptors (Lipinski definition) is 3. The van der Waals surface area contributed by atoms with Gasteiger partial charge in [-0.1, -0.05) is 0 Å². The van der Waals surface area contributed by atoms with Crippen LogP contribution < -0.4 is 0 Å². The van der Waals surface area contributed by atoms with E-state index in [0.717, 1.165) is 12.0 Å². The summed E-state index contributed by atoms with van der Waals surface area (Å²) in [7, 11) is 1.76. The summed E-state index contributed by atoms with van der Waals surface area (Å²) in [5, 5.41) is 4.15. The molecule has 0 bridgehead atoms. The highest BCUT2D eigenvalue weighted by molar-refractivity contribution is 9.10. The molecule has 0 aliphatic carbocycles. The second kappa shape index (κ2) is 4.48. The minimum absolute atomic E-state index is 0.214. The lowest BCUT2D eigenvalue weighted by molar-refractivity contribution is 0.145. The van der Waals surface area contributed by atoms with E-state index in [9.17, 15) is 8.78 Å². The molecular formula is C10H9BrF2N4. The minimum atomic E-state index is -2.64. The molecule has 2 heterocycles. The maximum Gasteiger partial charge on any atom is 0.281 e. The molecule has 4 nitrogen and oxygen atoms in total.